The van der Waals surface area contributed by atoms with E-state index in [1.54, 1.807) is 12.2 Å². The quantitative estimate of drug-likeness (QED) is 0.0310. The molecular formula is C49H76O17. The zero-order valence-corrected chi connectivity index (χ0v) is 38.6. The topological polar surface area (TPSA) is 265 Å². The van der Waals surface area contributed by atoms with Crippen molar-refractivity contribution in [3.63, 3.8) is 0 Å². The summed E-state index contributed by atoms with van der Waals surface area (Å²) in [5.41, 5.74) is 0. The molecule has 0 aromatic rings. The molecule has 0 spiro atoms. The monoisotopic (exact) mass is 937 g/mol. The number of hydrogen-bond acceptors (Lipinski definition) is 17. The summed E-state index contributed by atoms with van der Waals surface area (Å²) in [6.07, 6.45) is 9.83. The van der Waals surface area contributed by atoms with Gasteiger partial charge in [0.05, 0.1) is 19.8 Å². The van der Waals surface area contributed by atoms with Crippen molar-refractivity contribution in [2.45, 2.75) is 184 Å². The number of aliphatic hydroxyl groups is 7. The van der Waals surface area contributed by atoms with Crippen molar-refractivity contribution in [3.8, 4) is 0 Å². The Morgan fingerprint density at radius 1 is 0.606 bits per heavy atom. The van der Waals surface area contributed by atoms with Gasteiger partial charge in [-0.1, -0.05) is 88.8 Å². The van der Waals surface area contributed by atoms with Crippen LogP contribution in [0.1, 0.15) is 117 Å². The summed E-state index contributed by atoms with van der Waals surface area (Å²) in [7, 11) is 0. The highest BCUT2D eigenvalue weighted by molar-refractivity contribution is 5.95. The number of ether oxygens (including phenoxy) is 6. The molecule has 2 fully saturated rings. The van der Waals surface area contributed by atoms with E-state index >= 15 is 0 Å². The summed E-state index contributed by atoms with van der Waals surface area (Å²) in [6, 6.07) is 0. The lowest BCUT2D eigenvalue weighted by atomic mass is 9.87. The van der Waals surface area contributed by atoms with Gasteiger partial charge < -0.3 is 64.2 Å². The molecule has 0 unspecified atom stereocenters. The Bertz CT molecular complexity index is 1590. The van der Waals surface area contributed by atoms with Crippen molar-refractivity contribution in [1.29, 1.82) is 0 Å². The highest BCUT2D eigenvalue weighted by atomic mass is 16.7. The minimum Gasteiger partial charge on any atom is -0.462 e. The molecule has 2 aliphatic heterocycles. The van der Waals surface area contributed by atoms with Crippen LogP contribution < -0.4 is 0 Å². The van der Waals surface area contributed by atoms with Crippen LogP contribution in [-0.2, 0) is 47.6 Å². The molecule has 2 aliphatic carbocycles. The van der Waals surface area contributed by atoms with Crippen molar-refractivity contribution in [2.75, 3.05) is 26.4 Å². The van der Waals surface area contributed by atoms with Crippen LogP contribution in [0.3, 0.4) is 0 Å². The Kier molecular flexibility index (Phi) is 24.9. The number of esters is 2. The van der Waals surface area contributed by atoms with Crippen molar-refractivity contribution in [2.24, 2.45) is 23.7 Å². The molecule has 4 rings (SSSR count). The second kappa shape index (κ2) is 29.6. The number of carbonyl (C=O) groups excluding carboxylic acids is 4. The number of ketones is 2. The van der Waals surface area contributed by atoms with Crippen LogP contribution in [0.25, 0.3) is 0 Å². The van der Waals surface area contributed by atoms with Crippen molar-refractivity contribution in [1.82, 2.24) is 0 Å². The van der Waals surface area contributed by atoms with Crippen molar-refractivity contribution < 1.29 is 83.3 Å². The molecule has 374 valence electrons. The van der Waals surface area contributed by atoms with Crippen LogP contribution in [0.5, 0.6) is 0 Å². The molecule has 17 nitrogen and oxygen atoms in total. The number of carbonyl (C=O) groups is 4. The van der Waals surface area contributed by atoms with Crippen LogP contribution in [0.4, 0.5) is 0 Å². The lowest BCUT2D eigenvalue weighted by Crippen LogP contribution is -2.61. The van der Waals surface area contributed by atoms with Gasteiger partial charge in [0.15, 0.2) is 30.3 Å². The van der Waals surface area contributed by atoms with Gasteiger partial charge in [0.25, 0.3) is 0 Å². The molecule has 4 aliphatic rings. The SMILES string of the molecule is CC/C=C\C[C@@H]1C(=O)C=C[C@@H]1CCCCCCCC(=O)OC[C@H](CO[C@@H]1O[C@H](CO[C@H]2O[C@H](CO)[C@H](O)[C@H](O)[C@H]2O)[C@H](O)[C@H](O)[C@H]1O)OC(=O)CCCCC[C@H]1C=CC(=O)[C@H]1C/C=C\CC. The largest absolute Gasteiger partial charge is 0.462 e. The average Bonchev–Trinajstić information content (AvgIpc) is 3.84. The van der Waals surface area contributed by atoms with Crippen LogP contribution >= 0.6 is 0 Å². The molecular weight excluding hydrogens is 861 g/mol. The molecule has 0 radical (unpaired) electrons. The zero-order valence-electron chi connectivity index (χ0n) is 38.6. The lowest BCUT2D eigenvalue weighted by molar-refractivity contribution is -0.332. The minimum absolute atomic E-state index is 0.0185. The van der Waals surface area contributed by atoms with E-state index in [1.165, 1.54) is 0 Å². The Hall–Kier alpha value is -3.20. The summed E-state index contributed by atoms with van der Waals surface area (Å²) in [5.74, 6) is -0.391. The second-order valence-corrected chi connectivity index (χ2v) is 17.9. The second-order valence-electron chi connectivity index (χ2n) is 17.9. The molecule has 7 N–H and O–H groups in total. The molecule has 17 heteroatoms. The Morgan fingerprint density at radius 3 is 1.65 bits per heavy atom. The predicted octanol–water partition coefficient (Wildman–Crippen LogP) is 3.22. The number of aliphatic hydroxyl groups excluding tert-OH is 7. The van der Waals surface area contributed by atoms with Crippen LogP contribution in [0, 0.1) is 23.7 Å². The van der Waals surface area contributed by atoms with Gasteiger partial charge >= 0.3 is 11.9 Å². The summed E-state index contributed by atoms with van der Waals surface area (Å²) < 4.78 is 33.5. The van der Waals surface area contributed by atoms with Gasteiger partial charge in [-0.25, -0.2) is 0 Å². The van der Waals surface area contributed by atoms with E-state index in [9.17, 15) is 54.9 Å². The maximum atomic E-state index is 13.1. The van der Waals surface area contributed by atoms with Crippen LogP contribution in [-0.4, -0.2) is 153 Å². The van der Waals surface area contributed by atoms with Crippen molar-refractivity contribution in [3.05, 3.63) is 48.6 Å². The number of rotatable bonds is 30. The fraction of sp³-hybridized carbons (Fsp3) is 0.755. The van der Waals surface area contributed by atoms with Gasteiger partial charge in [-0.05, 0) is 75.4 Å². The van der Waals surface area contributed by atoms with Crippen LogP contribution in [0.15, 0.2) is 48.6 Å². The Balaban J connectivity index is 1.25. The van der Waals surface area contributed by atoms with Gasteiger partial charge in [-0.15, -0.1) is 0 Å². The standard InChI is InChI=1S/C49H76O17/c1-3-5-11-19-34-31(23-25-36(34)51)17-13-8-7-9-15-21-40(53)61-28-33(64-41(54)22-16-10-14-18-32-24-26-37(52)35(32)20-12-6-4-2)29-62-48-47(60)45(58)43(56)39(66-48)30-63-49-46(59)44(57)42(55)38(27-50)65-49/h5-6,11-12,23-26,31-35,38-39,42-50,55-60H,3-4,7-10,13-22,27-30H2,1-2H3/b11-5-,12-6-/t31-,32-,33+,34-,35-,38+,39+,42-,43-,44-,45-,46+,47+,48+,49-/m0/s1. The highest BCUT2D eigenvalue weighted by Crippen LogP contribution is 2.32. The Labute approximate surface area is 388 Å². The third-order valence-corrected chi connectivity index (χ3v) is 12.8. The Morgan fingerprint density at radius 2 is 1.09 bits per heavy atom. The number of allylic oxidation sites excluding steroid dienone is 8. The van der Waals surface area contributed by atoms with E-state index in [2.05, 4.69) is 31.2 Å². The van der Waals surface area contributed by atoms with E-state index in [-0.39, 0.29) is 54.7 Å². The fourth-order valence-corrected chi connectivity index (χ4v) is 8.78. The molecule has 0 aromatic heterocycles. The van der Waals surface area contributed by atoms with Gasteiger partial charge in [0.2, 0.25) is 0 Å². The summed E-state index contributed by atoms with van der Waals surface area (Å²) in [6.45, 7) is 2.03. The van der Waals surface area contributed by atoms with Gasteiger partial charge in [0.1, 0.15) is 55.4 Å². The molecule has 2 heterocycles. The van der Waals surface area contributed by atoms with E-state index < -0.39 is 99.3 Å². The van der Waals surface area contributed by atoms with Crippen molar-refractivity contribution >= 4 is 23.5 Å². The van der Waals surface area contributed by atoms with Crippen LogP contribution in [0.2, 0.25) is 0 Å². The molecule has 0 aromatic carbocycles. The molecule has 0 saturated carbocycles. The summed E-state index contributed by atoms with van der Waals surface area (Å²) in [4.78, 5) is 50.6. The molecule has 66 heavy (non-hydrogen) atoms. The summed E-state index contributed by atoms with van der Waals surface area (Å²) in [5, 5.41) is 72.1. The van der Waals surface area contributed by atoms with E-state index in [0.29, 0.717) is 25.7 Å². The maximum Gasteiger partial charge on any atom is 0.306 e. The van der Waals surface area contributed by atoms with E-state index in [0.717, 1.165) is 64.2 Å². The van der Waals surface area contributed by atoms with Gasteiger partial charge in [-0.2, -0.15) is 0 Å². The molecule has 2 saturated heterocycles. The minimum atomic E-state index is -1.81. The smallest absolute Gasteiger partial charge is 0.306 e. The average molecular weight is 937 g/mol. The first kappa shape index (κ1) is 55.4. The zero-order chi connectivity index (χ0) is 48.0. The van der Waals surface area contributed by atoms with E-state index in [1.807, 2.05) is 19.1 Å². The first-order valence-corrected chi connectivity index (χ1v) is 24.1. The highest BCUT2D eigenvalue weighted by Gasteiger charge is 2.48. The third kappa shape index (κ3) is 17.4. The summed E-state index contributed by atoms with van der Waals surface area (Å²) >= 11 is 0. The fourth-order valence-electron chi connectivity index (χ4n) is 8.78. The molecule has 0 bridgehead atoms. The van der Waals surface area contributed by atoms with Gasteiger partial charge in [0, 0.05) is 24.7 Å². The normalized spacial score (nSPS) is 32.8. The lowest BCUT2D eigenvalue weighted by Gasteiger charge is -2.42. The van der Waals surface area contributed by atoms with Gasteiger partial charge in [-0.3, -0.25) is 19.2 Å². The first-order valence-electron chi connectivity index (χ1n) is 24.1. The predicted molar refractivity (Wildman–Crippen MR) is 239 cm³/mol. The number of unbranched alkanes of at least 4 members (excludes halogenated alkanes) is 6. The first-order chi connectivity index (χ1) is 31.8. The maximum absolute atomic E-state index is 13.1. The molecule has 0 amide bonds. The third-order valence-electron chi connectivity index (χ3n) is 12.8. The molecule has 15 atom stereocenters. The number of hydrogen-bond donors (Lipinski definition) is 7. The van der Waals surface area contributed by atoms with E-state index in [4.69, 9.17) is 28.4 Å².